The van der Waals surface area contributed by atoms with Crippen molar-refractivity contribution in [2.45, 2.75) is 39.5 Å². The van der Waals surface area contributed by atoms with Gasteiger partial charge in [0.15, 0.2) is 0 Å². The van der Waals surface area contributed by atoms with Gasteiger partial charge < -0.3 is 4.90 Å². The zero-order chi connectivity index (χ0) is 21.1. The maximum atomic E-state index is 13.2. The number of carbonyl (C=O) groups excluding carboxylic acids is 1. The summed E-state index contributed by atoms with van der Waals surface area (Å²) < 4.78 is 15.0. The van der Waals surface area contributed by atoms with E-state index in [0.717, 1.165) is 55.0 Å². The van der Waals surface area contributed by atoms with Crippen molar-refractivity contribution in [2.24, 2.45) is 5.92 Å². The third-order valence-corrected chi connectivity index (χ3v) is 6.17. The van der Waals surface area contributed by atoms with Gasteiger partial charge in [-0.1, -0.05) is 30.3 Å². The van der Waals surface area contributed by atoms with Gasteiger partial charge in [0.1, 0.15) is 5.82 Å². The normalized spacial score (nSPS) is 14.8. The van der Waals surface area contributed by atoms with Crippen molar-refractivity contribution in [1.29, 1.82) is 0 Å². The molecule has 0 unspecified atom stereocenters. The number of carbonyl (C=O) groups is 1. The summed E-state index contributed by atoms with van der Waals surface area (Å²) in [5, 5.41) is 4.59. The summed E-state index contributed by atoms with van der Waals surface area (Å²) in [6.07, 6.45) is 3.55. The van der Waals surface area contributed by atoms with Crippen molar-refractivity contribution in [3.8, 4) is 5.69 Å². The number of halogens is 1. The lowest BCUT2D eigenvalue weighted by atomic mass is 9.90. The summed E-state index contributed by atoms with van der Waals surface area (Å²) in [6, 6.07) is 16.9. The van der Waals surface area contributed by atoms with E-state index < -0.39 is 0 Å². The van der Waals surface area contributed by atoms with Crippen LogP contribution in [-0.4, -0.2) is 33.7 Å². The van der Waals surface area contributed by atoms with Gasteiger partial charge in [0.2, 0.25) is 5.91 Å². The van der Waals surface area contributed by atoms with Crippen molar-refractivity contribution in [2.75, 3.05) is 13.1 Å². The van der Waals surface area contributed by atoms with Crippen LogP contribution in [0.25, 0.3) is 5.69 Å². The largest absolute Gasteiger partial charge is 0.342 e. The average molecular weight is 406 g/mol. The van der Waals surface area contributed by atoms with Crippen LogP contribution in [0.1, 0.15) is 35.4 Å². The summed E-state index contributed by atoms with van der Waals surface area (Å²) >= 11 is 0. The van der Waals surface area contributed by atoms with Crippen molar-refractivity contribution >= 4 is 5.91 Å². The highest BCUT2D eigenvalue weighted by atomic mass is 19.1. The summed E-state index contributed by atoms with van der Waals surface area (Å²) in [4.78, 5) is 15.0. The van der Waals surface area contributed by atoms with Gasteiger partial charge in [0.25, 0.3) is 0 Å². The second kappa shape index (κ2) is 8.82. The Balaban J connectivity index is 1.38. The number of aryl methyl sites for hydroxylation is 1. The zero-order valence-electron chi connectivity index (χ0n) is 17.6. The molecule has 0 N–H and O–H groups in total. The molecular formula is C25H28FN3O. The first-order chi connectivity index (χ1) is 14.5. The molecule has 156 valence electrons. The van der Waals surface area contributed by atoms with Gasteiger partial charge in [0, 0.05) is 24.3 Å². The molecule has 1 fully saturated rings. The van der Waals surface area contributed by atoms with Crippen LogP contribution >= 0.6 is 0 Å². The lowest BCUT2D eigenvalue weighted by Gasteiger charge is -2.32. The fourth-order valence-electron chi connectivity index (χ4n) is 4.36. The van der Waals surface area contributed by atoms with Crippen LogP contribution in [0.3, 0.4) is 0 Å². The monoisotopic (exact) mass is 405 g/mol. The summed E-state index contributed by atoms with van der Waals surface area (Å²) in [5.74, 6) is 0.533. The smallest absolute Gasteiger partial charge is 0.227 e. The molecule has 0 atom stereocenters. The van der Waals surface area contributed by atoms with Crippen LogP contribution in [0.2, 0.25) is 0 Å². The summed E-state index contributed by atoms with van der Waals surface area (Å²) in [5.41, 5.74) is 4.94. The fraction of sp³-hybridized carbons (Fsp3) is 0.360. The first-order valence-corrected chi connectivity index (χ1v) is 10.6. The molecule has 0 spiro atoms. The minimum absolute atomic E-state index is 0.165. The predicted molar refractivity (Wildman–Crippen MR) is 116 cm³/mol. The highest BCUT2D eigenvalue weighted by molar-refractivity contribution is 5.79. The lowest BCUT2D eigenvalue weighted by Crippen LogP contribution is -2.39. The number of piperidine rings is 1. The van der Waals surface area contributed by atoms with Gasteiger partial charge in [-0.25, -0.2) is 9.07 Å². The number of benzene rings is 2. The quantitative estimate of drug-likeness (QED) is 0.620. The maximum absolute atomic E-state index is 13.2. The number of aromatic nitrogens is 2. The minimum atomic E-state index is -0.272. The number of likely N-dealkylation sites (tertiary alicyclic amines) is 1. The Bertz CT molecular complexity index is 1000. The second-order valence-electron chi connectivity index (χ2n) is 8.23. The highest BCUT2D eigenvalue weighted by Crippen LogP contribution is 2.24. The fourth-order valence-corrected chi connectivity index (χ4v) is 4.36. The third kappa shape index (κ3) is 4.45. The van der Waals surface area contributed by atoms with Crippen molar-refractivity contribution in [1.82, 2.24) is 14.7 Å². The van der Waals surface area contributed by atoms with E-state index in [1.807, 2.05) is 24.8 Å². The Morgan fingerprint density at radius 1 is 1.03 bits per heavy atom. The van der Waals surface area contributed by atoms with Gasteiger partial charge in [0.05, 0.1) is 17.8 Å². The van der Waals surface area contributed by atoms with Crippen LogP contribution in [0.5, 0.6) is 0 Å². The Kier molecular flexibility index (Phi) is 5.98. The highest BCUT2D eigenvalue weighted by Gasteiger charge is 2.25. The van der Waals surface area contributed by atoms with E-state index in [0.29, 0.717) is 12.3 Å². The topological polar surface area (TPSA) is 38.1 Å². The number of rotatable bonds is 5. The molecule has 1 aliphatic rings. The molecule has 1 aliphatic heterocycles. The van der Waals surface area contributed by atoms with Crippen molar-refractivity contribution < 1.29 is 9.18 Å². The summed E-state index contributed by atoms with van der Waals surface area (Å²) in [6.45, 7) is 5.54. The van der Waals surface area contributed by atoms with E-state index in [1.165, 1.54) is 17.7 Å². The lowest BCUT2D eigenvalue weighted by molar-refractivity contribution is -0.131. The molecule has 0 saturated carbocycles. The molecule has 2 heterocycles. The van der Waals surface area contributed by atoms with E-state index in [9.17, 15) is 9.18 Å². The second-order valence-corrected chi connectivity index (χ2v) is 8.23. The molecule has 3 aromatic rings. The average Bonchev–Trinajstić information content (AvgIpc) is 3.04. The number of hydrogen-bond acceptors (Lipinski definition) is 2. The first kappa shape index (κ1) is 20.3. The maximum Gasteiger partial charge on any atom is 0.227 e. The minimum Gasteiger partial charge on any atom is -0.342 e. The predicted octanol–water partition coefficient (Wildman–Crippen LogP) is 4.65. The molecule has 4 rings (SSSR count). The Morgan fingerprint density at radius 3 is 2.37 bits per heavy atom. The van der Waals surface area contributed by atoms with Gasteiger partial charge in [-0.05, 0) is 68.9 Å². The molecule has 1 saturated heterocycles. The molecule has 5 heteroatoms. The molecule has 0 aliphatic carbocycles. The van der Waals surface area contributed by atoms with Crippen LogP contribution in [0, 0.1) is 25.6 Å². The number of nitrogens with zero attached hydrogens (tertiary/aromatic N) is 3. The Labute approximate surface area is 177 Å². The first-order valence-electron chi connectivity index (χ1n) is 10.6. The zero-order valence-corrected chi connectivity index (χ0v) is 17.6. The van der Waals surface area contributed by atoms with Crippen LogP contribution in [0.15, 0.2) is 54.6 Å². The third-order valence-electron chi connectivity index (χ3n) is 6.17. The molecule has 1 aromatic heterocycles. The van der Waals surface area contributed by atoms with Gasteiger partial charge in [-0.3, -0.25) is 4.79 Å². The van der Waals surface area contributed by atoms with E-state index in [4.69, 9.17) is 0 Å². The number of hydrogen-bond donors (Lipinski definition) is 0. The van der Waals surface area contributed by atoms with Gasteiger partial charge in [-0.2, -0.15) is 5.10 Å². The standard InChI is InChI=1S/C25H28FN3O/c1-18-24(19(2)29(27-18)23-10-8-22(26)9-11-23)17-25(30)28-14-12-21(13-15-28)16-20-6-4-3-5-7-20/h3-11,21H,12-17H2,1-2H3. The van der Waals surface area contributed by atoms with Gasteiger partial charge >= 0.3 is 0 Å². The van der Waals surface area contributed by atoms with Crippen LogP contribution in [0.4, 0.5) is 4.39 Å². The molecule has 0 bridgehead atoms. The van der Waals surface area contributed by atoms with Crippen molar-refractivity contribution in [3.63, 3.8) is 0 Å². The van der Waals surface area contributed by atoms with E-state index in [1.54, 1.807) is 16.8 Å². The number of amides is 1. The SMILES string of the molecule is Cc1nn(-c2ccc(F)cc2)c(C)c1CC(=O)N1CCC(Cc2ccccc2)CC1. The van der Waals surface area contributed by atoms with Crippen LogP contribution < -0.4 is 0 Å². The molecular weight excluding hydrogens is 377 g/mol. The molecule has 30 heavy (non-hydrogen) atoms. The van der Waals surface area contributed by atoms with Gasteiger partial charge in [-0.15, -0.1) is 0 Å². The molecule has 0 radical (unpaired) electrons. The van der Waals surface area contributed by atoms with Crippen molar-refractivity contribution in [3.05, 3.63) is 82.9 Å². The molecule has 4 nitrogen and oxygen atoms in total. The van der Waals surface area contributed by atoms with Crippen LogP contribution in [-0.2, 0) is 17.6 Å². The van der Waals surface area contributed by atoms with E-state index in [2.05, 4.69) is 29.4 Å². The Morgan fingerprint density at radius 2 is 1.70 bits per heavy atom. The Hall–Kier alpha value is -2.95. The molecule has 1 amide bonds. The van der Waals surface area contributed by atoms with E-state index in [-0.39, 0.29) is 11.7 Å². The summed E-state index contributed by atoms with van der Waals surface area (Å²) in [7, 11) is 0. The molecule has 2 aromatic carbocycles. The van der Waals surface area contributed by atoms with E-state index >= 15 is 0 Å².